The van der Waals surface area contributed by atoms with Gasteiger partial charge in [-0.2, -0.15) is 0 Å². The SMILES string of the molecule is CC[C@H]1OC(=O)[C@H](C)[C@@H](O[C@H]2C[C@@](C)(OC)[C@@H](O)[C@H](C)O2)[C@H](C)[C@@H](O[C@@H]2O[C@H](C)C[C@H](N(C)CCCCc3cn(C[C@H]4CN(c5cc(F)cc(F)c5)C(=O)O4)nn3)[C@H]2O)[C@](C)(O)C[C@@H](C)CN(C)[C@H](C)[C@@H](O)[C@]1(C)O. The lowest BCUT2D eigenvalue weighted by molar-refractivity contribution is -0.318. The molecule has 0 saturated carbocycles. The molecule has 20 nitrogen and oxygen atoms in total. The molecule has 4 aliphatic rings. The molecule has 4 fully saturated rings. The van der Waals surface area contributed by atoms with Crippen LogP contribution in [0.25, 0.3) is 0 Å². The highest BCUT2D eigenvalue weighted by Crippen LogP contribution is 2.40. The van der Waals surface area contributed by atoms with Crippen LogP contribution in [0.2, 0.25) is 0 Å². The number of methoxy groups -OCH3 is 1. The lowest BCUT2D eigenvalue weighted by atomic mass is 9.77. The summed E-state index contributed by atoms with van der Waals surface area (Å²) in [7, 11) is 5.24. The van der Waals surface area contributed by atoms with Crippen molar-refractivity contribution in [1.29, 1.82) is 0 Å². The number of aromatic nitrogens is 3. The third-order valence-corrected chi connectivity index (χ3v) is 16.3. The lowest BCUT2D eigenvalue weighted by Crippen LogP contribution is -2.60. The molecule has 426 valence electrons. The van der Waals surface area contributed by atoms with Crippen molar-refractivity contribution < 1.29 is 77.1 Å². The lowest BCUT2D eigenvalue weighted by Gasteiger charge is -2.49. The van der Waals surface area contributed by atoms with Crippen molar-refractivity contribution in [2.75, 3.05) is 45.7 Å². The Kier molecular flexibility index (Phi) is 20.3. The maximum Gasteiger partial charge on any atom is 0.414 e. The number of hydrogen-bond donors (Lipinski definition) is 5. The van der Waals surface area contributed by atoms with Crippen LogP contribution < -0.4 is 4.90 Å². The van der Waals surface area contributed by atoms with Crippen LogP contribution in [0.4, 0.5) is 19.3 Å². The molecule has 22 heteroatoms. The Balaban J connectivity index is 1.18. The Morgan fingerprint density at radius 1 is 0.907 bits per heavy atom. The zero-order valence-electron chi connectivity index (χ0n) is 46.2. The minimum atomic E-state index is -1.85. The summed E-state index contributed by atoms with van der Waals surface area (Å²) in [4.78, 5) is 32.2. The van der Waals surface area contributed by atoms with Gasteiger partial charge in [0.15, 0.2) is 12.6 Å². The molecule has 1 aromatic heterocycles. The summed E-state index contributed by atoms with van der Waals surface area (Å²) in [6.45, 7) is 18.7. The fourth-order valence-corrected chi connectivity index (χ4v) is 11.8. The van der Waals surface area contributed by atoms with Crippen LogP contribution in [0.15, 0.2) is 24.4 Å². The number of likely N-dealkylation sites (N-methyl/N-ethyl adjacent to an activating group) is 2. The number of ether oxygens (including phenoxy) is 7. The number of anilines is 1. The molecule has 0 bridgehead atoms. The van der Waals surface area contributed by atoms with Crippen molar-refractivity contribution in [1.82, 2.24) is 24.8 Å². The standard InChI is InChI=1S/C53H86F2N6O14/c1-14-41-53(10,68)45(63)33(6)59(12)25-29(2)23-51(8,67)47(31(4)44(32(5)48(65)73-41)74-42-24-52(9,69-13)46(64)34(7)71-42)75-49-43(62)40(19-30(3)70-49)58(11)18-16-15-17-37-26-60(57-56-37)27-39-28-61(50(66)72-39)38-21-35(54)20-36(55)22-38/h20-22,26,29-34,39-47,49,62-64,67-68H,14-19,23-25,27-28H2,1-13H3/t29-,30-,31+,32-,33-,34+,39+,40+,41-,42+,43-,44+,45-,46+,47-,49+,51-,52-,53-/m1/s1. The molecule has 4 aliphatic heterocycles. The Morgan fingerprint density at radius 3 is 2.24 bits per heavy atom. The molecule has 1 aromatic carbocycles. The number of halogens is 2. The highest BCUT2D eigenvalue weighted by molar-refractivity contribution is 5.89. The van der Waals surface area contributed by atoms with Gasteiger partial charge in [0.2, 0.25) is 0 Å². The highest BCUT2D eigenvalue weighted by atomic mass is 19.1. The number of aliphatic hydroxyl groups is 5. The number of esters is 1. The van der Waals surface area contributed by atoms with Gasteiger partial charge in [-0.3, -0.25) is 9.69 Å². The number of carbonyl (C=O) groups excluding carboxylic acids is 2. The summed E-state index contributed by atoms with van der Waals surface area (Å²) in [5.41, 5.74) is -3.79. The third kappa shape index (κ3) is 14.4. The smallest absolute Gasteiger partial charge is 0.414 e. The number of benzene rings is 1. The molecule has 75 heavy (non-hydrogen) atoms. The Hall–Kier alpha value is -3.52. The Labute approximate surface area is 440 Å². The predicted octanol–water partition coefficient (Wildman–Crippen LogP) is 4.19. The van der Waals surface area contributed by atoms with Gasteiger partial charge in [-0.05, 0) is 126 Å². The first kappa shape index (κ1) is 60.7. The Morgan fingerprint density at radius 2 is 1.59 bits per heavy atom. The van der Waals surface area contributed by atoms with Gasteiger partial charge in [-0.1, -0.05) is 26.0 Å². The van der Waals surface area contributed by atoms with E-state index in [2.05, 4.69) is 15.2 Å². The van der Waals surface area contributed by atoms with Crippen LogP contribution in [0, 0.1) is 29.4 Å². The molecule has 19 atom stereocenters. The van der Waals surface area contributed by atoms with Crippen molar-refractivity contribution in [2.24, 2.45) is 17.8 Å². The fourth-order valence-electron chi connectivity index (χ4n) is 11.8. The normalized spacial score (nSPS) is 40.0. The second-order valence-corrected chi connectivity index (χ2v) is 22.8. The van der Waals surface area contributed by atoms with Crippen molar-refractivity contribution >= 4 is 17.7 Å². The van der Waals surface area contributed by atoms with Crippen molar-refractivity contribution in [3.8, 4) is 0 Å². The van der Waals surface area contributed by atoms with E-state index in [9.17, 15) is 43.9 Å². The van der Waals surface area contributed by atoms with Crippen LogP contribution in [0.3, 0.4) is 0 Å². The first-order valence-corrected chi connectivity index (χ1v) is 26.7. The molecule has 4 saturated heterocycles. The number of amides is 1. The second kappa shape index (κ2) is 25.1. The zero-order chi connectivity index (χ0) is 55.5. The molecular formula is C53H86F2N6O14. The summed E-state index contributed by atoms with van der Waals surface area (Å²) in [5.74, 6) is -4.46. The minimum Gasteiger partial charge on any atom is -0.459 e. The van der Waals surface area contributed by atoms with Gasteiger partial charge in [-0.25, -0.2) is 18.3 Å². The van der Waals surface area contributed by atoms with E-state index in [0.29, 0.717) is 25.9 Å². The van der Waals surface area contributed by atoms with E-state index in [0.717, 1.165) is 36.7 Å². The number of rotatable bonds is 15. The van der Waals surface area contributed by atoms with E-state index >= 15 is 0 Å². The maximum absolute atomic E-state index is 14.5. The monoisotopic (exact) mass is 1070 g/mol. The molecule has 6 rings (SSSR count). The Bertz CT molecular complexity index is 2170. The minimum absolute atomic E-state index is 0.0667. The maximum atomic E-state index is 14.5. The number of nitrogens with zero attached hydrogens (tertiary/aromatic N) is 6. The predicted molar refractivity (Wildman–Crippen MR) is 270 cm³/mol. The topological polar surface area (TPSA) is 240 Å². The van der Waals surface area contributed by atoms with E-state index in [1.165, 1.54) is 18.9 Å². The van der Waals surface area contributed by atoms with Crippen molar-refractivity contribution in [2.45, 2.75) is 217 Å². The summed E-state index contributed by atoms with van der Waals surface area (Å²) >= 11 is 0. The molecule has 0 aliphatic carbocycles. The first-order valence-electron chi connectivity index (χ1n) is 26.7. The average molecular weight is 1070 g/mol. The number of aryl methyl sites for hydroxylation is 1. The van der Waals surface area contributed by atoms with Crippen molar-refractivity contribution in [3.63, 3.8) is 0 Å². The molecule has 5 N–H and O–H groups in total. The number of cyclic esters (lactones) is 2. The van der Waals surface area contributed by atoms with Gasteiger partial charge in [0.1, 0.15) is 47.8 Å². The highest BCUT2D eigenvalue weighted by Gasteiger charge is 2.53. The first-order chi connectivity index (χ1) is 35.1. The fraction of sp³-hybridized carbons (Fsp3) is 0.811. The largest absolute Gasteiger partial charge is 0.459 e. The van der Waals surface area contributed by atoms with Gasteiger partial charge in [0, 0.05) is 50.3 Å². The third-order valence-electron chi connectivity index (χ3n) is 16.3. The zero-order valence-corrected chi connectivity index (χ0v) is 46.2. The molecular weight excluding hydrogens is 983 g/mol. The van der Waals surface area contributed by atoms with Gasteiger partial charge in [0.25, 0.3) is 0 Å². The number of unbranched alkanes of at least 4 members (excludes halogenated alkanes) is 1. The number of aliphatic hydroxyl groups excluding tert-OH is 3. The molecule has 0 spiro atoms. The number of carbonyl (C=O) groups is 2. The number of hydrogen-bond acceptors (Lipinski definition) is 18. The molecule has 0 radical (unpaired) electrons. The molecule has 0 unspecified atom stereocenters. The van der Waals surface area contributed by atoms with Gasteiger partial charge in [0.05, 0.1) is 66.0 Å². The average Bonchev–Trinajstić information content (AvgIpc) is 3.95. The molecule has 5 heterocycles. The van der Waals surface area contributed by atoms with Crippen LogP contribution in [-0.4, -0.2) is 200 Å². The summed E-state index contributed by atoms with van der Waals surface area (Å²) < 4.78 is 73.0. The summed E-state index contributed by atoms with van der Waals surface area (Å²) in [5, 5.41) is 68.2. The van der Waals surface area contributed by atoms with Gasteiger partial charge >= 0.3 is 12.1 Å². The summed E-state index contributed by atoms with van der Waals surface area (Å²) in [6.07, 6.45) is -6.78. The van der Waals surface area contributed by atoms with Crippen LogP contribution in [-0.2, 0) is 50.9 Å². The van der Waals surface area contributed by atoms with Crippen molar-refractivity contribution in [3.05, 3.63) is 41.7 Å². The van der Waals surface area contributed by atoms with E-state index in [4.69, 9.17) is 33.2 Å². The second-order valence-electron chi connectivity index (χ2n) is 22.8. The molecule has 2 aromatic rings. The van der Waals surface area contributed by atoms with E-state index in [-0.39, 0.29) is 50.1 Å². The quantitative estimate of drug-likeness (QED) is 0.124. The van der Waals surface area contributed by atoms with Crippen LogP contribution >= 0.6 is 0 Å². The van der Waals surface area contributed by atoms with E-state index in [1.807, 2.05) is 32.8 Å². The summed E-state index contributed by atoms with van der Waals surface area (Å²) in [6, 6.07) is 1.87. The van der Waals surface area contributed by atoms with Crippen LogP contribution in [0.5, 0.6) is 0 Å². The van der Waals surface area contributed by atoms with Crippen LogP contribution in [0.1, 0.15) is 113 Å². The van der Waals surface area contributed by atoms with E-state index < -0.39 is 126 Å². The van der Waals surface area contributed by atoms with Gasteiger partial charge in [-0.15, -0.1) is 5.10 Å². The molecule has 1 amide bonds. The van der Waals surface area contributed by atoms with E-state index in [1.54, 1.807) is 59.3 Å². The van der Waals surface area contributed by atoms with Gasteiger partial charge < -0.3 is 68.5 Å².